The lowest BCUT2D eigenvalue weighted by Crippen LogP contribution is -2.40. The molecule has 132 valence electrons. The summed E-state index contributed by atoms with van der Waals surface area (Å²) in [6.45, 7) is 3.28. The zero-order valence-corrected chi connectivity index (χ0v) is 15.6. The van der Waals surface area contributed by atoms with Crippen LogP contribution in [0.3, 0.4) is 0 Å². The highest BCUT2D eigenvalue weighted by molar-refractivity contribution is 6.30. The molecule has 1 aliphatic rings. The minimum atomic E-state index is 0.163. The van der Waals surface area contributed by atoms with Gasteiger partial charge in [0, 0.05) is 30.7 Å². The minimum absolute atomic E-state index is 0.163. The molecule has 1 unspecified atom stereocenters. The highest BCUT2D eigenvalue weighted by atomic mass is 35.5. The summed E-state index contributed by atoms with van der Waals surface area (Å²) in [5.41, 5.74) is 2.36. The van der Waals surface area contributed by atoms with Crippen molar-refractivity contribution in [3.63, 3.8) is 0 Å². The normalized spacial score (nSPS) is 15.2. The van der Waals surface area contributed by atoms with Gasteiger partial charge in [0.2, 0.25) is 5.91 Å². The number of nitrogens with zero attached hydrogens (tertiary/aromatic N) is 2. The van der Waals surface area contributed by atoms with Gasteiger partial charge in [-0.2, -0.15) is 0 Å². The van der Waals surface area contributed by atoms with Crippen molar-refractivity contribution in [2.75, 3.05) is 13.6 Å². The van der Waals surface area contributed by atoms with E-state index in [-0.39, 0.29) is 11.9 Å². The lowest BCUT2D eigenvalue weighted by Gasteiger charge is -2.30. The molecule has 1 amide bonds. The lowest BCUT2D eigenvalue weighted by atomic mass is 10.1. The molecular weight excluding hydrogens is 332 g/mol. The molecule has 0 heterocycles. The van der Waals surface area contributed by atoms with E-state index < -0.39 is 0 Å². The van der Waals surface area contributed by atoms with Crippen LogP contribution < -0.4 is 0 Å². The summed E-state index contributed by atoms with van der Waals surface area (Å²) in [6, 6.07) is 18.8. The highest BCUT2D eigenvalue weighted by Crippen LogP contribution is 2.34. The van der Waals surface area contributed by atoms with Crippen LogP contribution in [0.1, 0.15) is 36.9 Å². The number of rotatable bonds is 7. The van der Waals surface area contributed by atoms with Gasteiger partial charge in [0.05, 0.1) is 6.54 Å². The van der Waals surface area contributed by atoms with E-state index in [9.17, 15) is 4.79 Å². The molecule has 3 rings (SSSR count). The van der Waals surface area contributed by atoms with Gasteiger partial charge >= 0.3 is 0 Å². The van der Waals surface area contributed by atoms with Crippen molar-refractivity contribution in [1.82, 2.24) is 9.80 Å². The Morgan fingerprint density at radius 2 is 1.76 bits per heavy atom. The fourth-order valence-electron chi connectivity index (χ4n) is 3.14. The van der Waals surface area contributed by atoms with Crippen molar-refractivity contribution in [2.24, 2.45) is 0 Å². The largest absolute Gasteiger partial charge is 0.340 e. The highest BCUT2D eigenvalue weighted by Gasteiger charge is 2.34. The third-order valence-corrected chi connectivity index (χ3v) is 5.12. The van der Waals surface area contributed by atoms with Gasteiger partial charge < -0.3 is 4.90 Å². The molecule has 2 aromatic carbocycles. The predicted molar refractivity (Wildman–Crippen MR) is 103 cm³/mol. The molecule has 0 N–H and O–H groups in total. The molecule has 0 aliphatic heterocycles. The molecule has 4 heteroatoms. The quantitative estimate of drug-likeness (QED) is 0.728. The van der Waals surface area contributed by atoms with E-state index in [0.29, 0.717) is 19.1 Å². The van der Waals surface area contributed by atoms with Gasteiger partial charge in [0.25, 0.3) is 0 Å². The SMILES string of the molecule is CC(c1ccc(Cl)cc1)N(CC(=O)N(C)Cc1ccccc1)C1CC1. The average molecular weight is 357 g/mol. The van der Waals surface area contributed by atoms with Crippen molar-refractivity contribution < 1.29 is 4.79 Å². The Balaban J connectivity index is 1.65. The van der Waals surface area contributed by atoms with Gasteiger partial charge in [-0.25, -0.2) is 0 Å². The zero-order chi connectivity index (χ0) is 17.8. The zero-order valence-electron chi connectivity index (χ0n) is 14.9. The Morgan fingerprint density at radius 3 is 2.36 bits per heavy atom. The van der Waals surface area contributed by atoms with Crippen molar-refractivity contribution in [1.29, 1.82) is 0 Å². The molecule has 2 aromatic rings. The summed E-state index contributed by atoms with van der Waals surface area (Å²) < 4.78 is 0. The third-order valence-electron chi connectivity index (χ3n) is 4.87. The Labute approximate surface area is 155 Å². The molecule has 25 heavy (non-hydrogen) atoms. The van der Waals surface area contributed by atoms with Gasteiger partial charge in [-0.05, 0) is 43.0 Å². The molecule has 1 aliphatic carbocycles. The maximum Gasteiger partial charge on any atom is 0.236 e. The standard InChI is InChI=1S/C21H25ClN2O/c1-16(18-8-10-19(22)11-9-18)24(20-12-13-20)15-21(25)23(2)14-17-6-4-3-5-7-17/h3-11,16,20H,12-15H2,1-2H3. The second-order valence-corrected chi connectivity index (χ2v) is 7.30. The van der Waals surface area contributed by atoms with Gasteiger partial charge in [-0.15, -0.1) is 0 Å². The lowest BCUT2D eigenvalue weighted by molar-refractivity contribution is -0.132. The summed E-state index contributed by atoms with van der Waals surface area (Å²) in [5, 5.41) is 0.743. The van der Waals surface area contributed by atoms with Gasteiger partial charge in [-0.1, -0.05) is 54.1 Å². The summed E-state index contributed by atoms with van der Waals surface area (Å²) in [7, 11) is 1.88. The van der Waals surface area contributed by atoms with Crippen LogP contribution in [0.2, 0.25) is 5.02 Å². The first-order valence-electron chi connectivity index (χ1n) is 8.83. The molecule has 1 saturated carbocycles. The molecular formula is C21H25ClN2O. The van der Waals surface area contributed by atoms with E-state index in [1.807, 2.05) is 42.3 Å². The number of likely N-dealkylation sites (N-methyl/N-ethyl adjacent to an activating group) is 1. The van der Waals surface area contributed by atoms with Crippen LogP contribution in [0.15, 0.2) is 54.6 Å². The Hall–Kier alpha value is -1.84. The average Bonchev–Trinajstić information content (AvgIpc) is 3.45. The van der Waals surface area contributed by atoms with Crippen molar-refractivity contribution >= 4 is 17.5 Å². The molecule has 0 aromatic heterocycles. The molecule has 1 fully saturated rings. The number of carbonyl (C=O) groups is 1. The first-order chi connectivity index (χ1) is 12.0. The van der Waals surface area contributed by atoms with Gasteiger partial charge in [0.1, 0.15) is 0 Å². The monoisotopic (exact) mass is 356 g/mol. The van der Waals surface area contributed by atoms with Crippen LogP contribution >= 0.6 is 11.6 Å². The Kier molecular flexibility index (Phi) is 5.77. The second-order valence-electron chi connectivity index (χ2n) is 6.87. The third kappa shape index (κ3) is 4.83. The van der Waals surface area contributed by atoms with Crippen LogP contribution in [-0.2, 0) is 11.3 Å². The predicted octanol–water partition coefficient (Wildman–Crippen LogP) is 4.52. The van der Waals surface area contributed by atoms with Crippen LogP contribution in [-0.4, -0.2) is 35.3 Å². The van der Waals surface area contributed by atoms with E-state index in [1.165, 1.54) is 18.4 Å². The first kappa shape index (κ1) is 18.0. The van der Waals surface area contributed by atoms with E-state index in [2.05, 4.69) is 36.1 Å². The van der Waals surface area contributed by atoms with Crippen LogP contribution in [0, 0.1) is 0 Å². The maximum absolute atomic E-state index is 12.7. The number of halogens is 1. The van der Waals surface area contributed by atoms with E-state index >= 15 is 0 Å². The fraction of sp³-hybridized carbons (Fsp3) is 0.381. The fourth-order valence-corrected chi connectivity index (χ4v) is 3.27. The number of hydrogen-bond acceptors (Lipinski definition) is 2. The molecule has 1 atom stereocenters. The Bertz CT molecular complexity index is 698. The van der Waals surface area contributed by atoms with Crippen LogP contribution in [0.25, 0.3) is 0 Å². The van der Waals surface area contributed by atoms with Crippen LogP contribution in [0.5, 0.6) is 0 Å². The molecule has 3 nitrogen and oxygen atoms in total. The van der Waals surface area contributed by atoms with E-state index in [0.717, 1.165) is 10.6 Å². The minimum Gasteiger partial charge on any atom is -0.340 e. The molecule has 0 bridgehead atoms. The molecule has 0 radical (unpaired) electrons. The summed E-state index contributed by atoms with van der Waals surface area (Å²) in [6.07, 6.45) is 2.35. The number of benzene rings is 2. The number of amides is 1. The summed E-state index contributed by atoms with van der Waals surface area (Å²) in [4.78, 5) is 16.9. The van der Waals surface area contributed by atoms with Gasteiger partial charge in [0.15, 0.2) is 0 Å². The van der Waals surface area contributed by atoms with Crippen LogP contribution in [0.4, 0.5) is 0 Å². The van der Waals surface area contributed by atoms with Crippen molar-refractivity contribution in [3.05, 3.63) is 70.7 Å². The van der Waals surface area contributed by atoms with Gasteiger partial charge in [-0.3, -0.25) is 9.69 Å². The summed E-state index contributed by atoms with van der Waals surface area (Å²) >= 11 is 6.00. The first-order valence-corrected chi connectivity index (χ1v) is 9.21. The maximum atomic E-state index is 12.7. The van der Waals surface area contributed by atoms with Crippen molar-refractivity contribution in [2.45, 2.75) is 38.4 Å². The Morgan fingerprint density at radius 1 is 1.12 bits per heavy atom. The van der Waals surface area contributed by atoms with E-state index in [1.54, 1.807) is 0 Å². The molecule has 0 saturated heterocycles. The second kappa shape index (κ2) is 8.03. The topological polar surface area (TPSA) is 23.6 Å². The van der Waals surface area contributed by atoms with E-state index in [4.69, 9.17) is 11.6 Å². The summed E-state index contributed by atoms with van der Waals surface area (Å²) in [5.74, 6) is 0.163. The smallest absolute Gasteiger partial charge is 0.236 e. The number of carbonyl (C=O) groups excluding carboxylic acids is 1. The number of hydrogen-bond donors (Lipinski definition) is 0. The molecule has 0 spiro atoms. The van der Waals surface area contributed by atoms with Crippen molar-refractivity contribution in [3.8, 4) is 0 Å².